The number of carbonyl (C=O) groups is 1. The van der Waals surface area contributed by atoms with E-state index in [2.05, 4.69) is 38.1 Å². The fraction of sp³-hybridized carbons (Fsp3) is 0.462. The van der Waals surface area contributed by atoms with E-state index in [1.165, 1.54) is 0 Å². The van der Waals surface area contributed by atoms with Gasteiger partial charge in [0.05, 0.1) is 6.54 Å². The first-order chi connectivity index (χ1) is 8.65. The number of nitrogens with zero attached hydrogens (tertiary/aromatic N) is 1. The van der Waals surface area contributed by atoms with Crippen molar-refractivity contribution in [3.8, 4) is 0 Å². The van der Waals surface area contributed by atoms with Crippen molar-refractivity contribution in [2.45, 2.75) is 6.92 Å². The van der Waals surface area contributed by atoms with E-state index in [0.29, 0.717) is 6.54 Å². The predicted octanol–water partition coefficient (Wildman–Crippen LogP) is 1.44. The number of hydrogen-bond donors (Lipinski definition) is 2. The van der Waals surface area contributed by atoms with Crippen molar-refractivity contribution >= 4 is 34.2 Å². The van der Waals surface area contributed by atoms with Gasteiger partial charge in [-0.1, -0.05) is 6.07 Å². The fourth-order valence-electron chi connectivity index (χ4n) is 1.99. The molecule has 1 aliphatic rings. The van der Waals surface area contributed by atoms with Crippen LogP contribution < -0.4 is 10.6 Å². The molecule has 1 aromatic rings. The van der Waals surface area contributed by atoms with Gasteiger partial charge in [-0.2, -0.15) is 0 Å². The molecule has 4 nitrogen and oxygen atoms in total. The average molecular weight is 359 g/mol. The summed E-state index contributed by atoms with van der Waals surface area (Å²) in [5, 5.41) is 6.27. The Bertz CT molecular complexity index is 430. The normalized spacial score (nSPS) is 16.6. The minimum Gasteiger partial charge on any atom is -0.325 e. The van der Waals surface area contributed by atoms with E-state index < -0.39 is 0 Å². The Hall–Kier alpha value is -0.660. The van der Waals surface area contributed by atoms with E-state index >= 15 is 0 Å². The monoisotopic (exact) mass is 359 g/mol. The topological polar surface area (TPSA) is 44.4 Å². The van der Waals surface area contributed by atoms with Gasteiger partial charge >= 0.3 is 0 Å². The minimum absolute atomic E-state index is 0.0713. The molecule has 1 amide bonds. The molecule has 5 heteroatoms. The quantitative estimate of drug-likeness (QED) is 0.803. The second-order valence-electron chi connectivity index (χ2n) is 4.53. The van der Waals surface area contributed by atoms with Crippen molar-refractivity contribution in [2.24, 2.45) is 0 Å². The highest BCUT2D eigenvalue weighted by molar-refractivity contribution is 14.1. The van der Waals surface area contributed by atoms with Gasteiger partial charge in [-0.15, -0.1) is 0 Å². The van der Waals surface area contributed by atoms with Gasteiger partial charge in [0.25, 0.3) is 0 Å². The number of nitrogens with one attached hydrogen (secondary N) is 2. The lowest BCUT2D eigenvalue weighted by Crippen LogP contribution is -2.46. The number of halogens is 1. The van der Waals surface area contributed by atoms with Crippen LogP contribution in [0.2, 0.25) is 0 Å². The number of carbonyl (C=O) groups excluding carboxylic acids is 1. The Labute approximate surface area is 121 Å². The van der Waals surface area contributed by atoms with Gasteiger partial charge < -0.3 is 10.6 Å². The van der Waals surface area contributed by atoms with Gasteiger partial charge in [0.1, 0.15) is 0 Å². The fourth-order valence-corrected chi connectivity index (χ4v) is 2.48. The molecule has 0 aromatic heterocycles. The van der Waals surface area contributed by atoms with Crippen molar-refractivity contribution < 1.29 is 4.79 Å². The van der Waals surface area contributed by atoms with Crippen LogP contribution in [0, 0.1) is 10.5 Å². The van der Waals surface area contributed by atoms with Gasteiger partial charge in [-0.3, -0.25) is 9.69 Å². The molecular formula is C13H18IN3O. The van der Waals surface area contributed by atoms with Crippen molar-refractivity contribution in [3.05, 3.63) is 27.3 Å². The summed E-state index contributed by atoms with van der Waals surface area (Å²) in [6, 6.07) is 6.08. The van der Waals surface area contributed by atoms with Crippen LogP contribution in [0.1, 0.15) is 5.56 Å². The molecule has 1 aliphatic heterocycles. The van der Waals surface area contributed by atoms with Crippen LogP contribution in [0.3, 0.4) is 0 Å². The molecule has 0 bridgehead atoms. The maximum atomic E-state index is 12.0. The second kappa shape index (κ2) is 6.49. The highest BCUT2D eigenvalue weighted by Crippen LogP contribution is 2.18. The molecule has 18 heavy (non-hydrogen) atoms. The predicted molar refractivity (Wildman–Crippen MR) is 81.8 cm³/mol. The number of piperazine rings is 1. The molecule has 1 fully saturated rings. The Morgan fingerprint density at radius 2 is 2.17 bits per heavy atom. The van der Waals surface area contributed by atoms with Crippen molar-refractivity contribution in [3.63, 3.8) is 0 Å². The van der Waals surface area contributed by atoms with Gasteiger partial charge in [0, 0.05) is 35.4 Å². The van der Waals surface area contributed by atoms with E-state index in [9.17, 15) is 4.79 Å². The van der Waals surface area contributed by atoms with Crippen LogP contribution in [-0.4, -0.2) is 43.5 Å². The molecule has 2 rings (SSSR count). The number of rotatable bonds is 3. The molecule has 1 aromatic carbocycles. The minimum atomic E-state index is 0.0713. The largest absolute Gasteiger partial charge is 0.325 e. The first-order valence-electron chi connectivity index (χ1n) is 6.14. The van der Waals surface area contributed by atoms with Crippen molar-refractivity contribution in [1.29, 1.82) is 0 Å². The van der Waals surface area contributed by atoms with Gasteiger partial charge in [-0.25, -0.2) is 0 Å². The SMILES string of the molecule is Cc1ccc(I)cc1NC(=O)CN1CCNCC1. The van der Waals surface area contributed by atoms with E-state index in [1.54, 1.807) is 0 Å². The molecule has 98 valence electrons. The molecule has 0 atom stereocenters. The molecule has 0 aliphatic carbocycles. The number of aryl methyl sites for hydroxylation is 1. The van der Waals surface area contributed by atoms with E-state index in [1.807, 2.05) is 25.1 Å². The van der Waals surface area contributed by atoms with Gasteiger partial charge in [0.15, 0.2) is 0 Å². The summed E-state index contributed by atoms with van der Waals surface area (Å²) in [7, 11) is 0. The zero-order valence-electron chi connectivity index (χ0n) is 10.5. The second-order valence-corrected chi connectivity index (χ2v) is 5.78. The van der Waals surface area contributed by atoms with Crippen LogP contribution in [0.15, 0.2) is 18.2 Å². The third kappa shape index (κ3) is 3.93. The lowest BCUT2D eigenvalue weighted by molar-refractivity contribution is -0.117. The number of anilines is 1. The maximum Gasteiger partial charge on any atom is 0.238 e. The Balaban J connectivity index is 1.92. The number of amides is 1. The third-order valence-electron chi connectivity index (χ3n) is 3.05. The summed E-state index contributed by atoms with van der Waals surface area (Å²) in [4.78, 5) is 14.1. The van der Waals surface area contributed by atoms with Crippen LogP contribution in [-0.2, 0) is 4.79 Å². The third-order valence-corrected chi connectivity index (χ3v) is 3.72. The summed E-state index contributed by atoms with van der Waals surface area (Å²) < 4.78 is 1.13. The number of benzene rings is 1. The summed E-state index contributed by atoms with van der Waals surface area (Å²) in [5.74, 6) is 0.0713. The van der Waals surface area contributed by atoms with Crippen LogP contribution in [0.5, 0.6) is 0 Å². The molecule has 0 saturated carbocycles. The summed E-state index contributed by atoms with van der Waals surface area (Å²) in [6.07, 6.45) is 0. The first kappa shape index (κ1) is 13.8. The molecular weight excluding hydrogens is 341 g/mol. The molecule has 0 spiro atoms. The summed E-state index contributed by atoms with van der Waals surface area (Å²) >= 11 is 2.25. The Morgan fingerprint density at radius 3 is 2.89 bits per heavy atom. The maximum absolute atomic E-state index is 12.0. The lowest BCUT2D eigenvalue weighted by atomic mass is 10.2. The lowest BCUT2D eigenvalue weighted by Gasteiger charge is -2.26. The first-order valence-corrected chi connectivity index (χ1v) is 7.22. The Kier molecular flexibility index (Phi) is 4.96. The standard InChI is InChI=1S/C13H18IN3O/c1-10-2-3-11(14)8-12(10)16-13(18)9-17-6-4-15-5-7-17/h2-3,8,15H,4-7,9H2,1H3,(H,16,18). The van der Waals surface area contributed by atoms with Crippen molar-refractivity contribution in [2.75, 3.05) is 38.0 Å². The zero-order valence-corrected chi connectivity index (χ0v) is 12.7. The van der Waals surface area contributed by atoms with Gasteiger partial charge in [-0.05, 0) is 47.2 Å². The van der Waals surface area contributed by atoms with Crippen molar-refractivity contribution in [1.82, 2.24) is 10.2 Å². The molecule has 2 N–H and O–H groups in total. The number of hydrogen-bond acceptors (Lipinski definition) is 3. The summed E-state index contributed by atoms with van der Waals surface area (Å²) in [5.41, 5.74) is 2.02. The molecule has 1 heterocycles. The summed E-state index contributed by atoms with van der Waals surface area (Å²) in [6.45, 7) is 6.31. The van der Waals surface area contributed by atoms with E-state index in [4.69, 9.17) is 0 Å². The smallest absolute Gasteiger partial charge is 0.238 e. The van der Waals surface area contributed by atoms with Crippen LogP contribution in [0.25, 0.3) is 0 Å². The molecule has 1 saturated heterocycles. The van der Waals surface area contributed by atoms with E-state index in [-0.39, 0.29) is 5.91 Å². The average Bonchev–Trinajstić information content (AvgIpc) is 2.35. The zero-order chi connectivity index (χ0) is 13.0. The van der Waals surface area contributed by atoms with Crippen LogP contribution >= 0.6 is 22.6 Å². The molecule has 0 unspecified atom stereocenters. The van der Waals surface area contributed by atoms with Gasteiger partial charge in [0.2, 0.25) is 5.91 Å². The van der Waals surface area contributed by atoms with Crippen LogP contribution in [0.4, 0.5) is 5.69 Å². The van der Waals surface area contributed by atoms with E-state index in [0.717, 1.165) is 41.0 Å². The highest BCUT2D eigenvalue weighted by Gasteiger charge is 2.14. The Morgan fingerprint density at radius 1 is 1.44 bits per heavy atom. The highest BCUT2D eigenvalue weighted by atomic mass is 127. The molecule has 0 radical (unpaired) electrons.